The minimum absolute atomic E-state index is 0.141. The number of hydrogen-bond donors (Lipinski definition) is 2. The zero-order chi connectivity index (χ0) is 13.1. The van der Waals surface area contributed by atoms with Crippen LogP contribution in [0.2, 0.25) is 5.02 Å². The van der Waals surface area contributed by atoms with E-state index in [-0.39, 0.29) is 5.56 Å². The third-order valence-corrected chi connectivity index (χ3v) is 3.01. The summed E-state index contributed by atoms with van der Waals surface area (Å²) in [6.45, 7) is 0. The Morgan fingerprint density at radius 1 is 1.33 bits per heavy atom. The van der Waals surface area contributed by atoms with E-state index in [4.69, 9.17) is 16.7 Å². The van der Waals surface area contributed by atoms with Crippen molar-refractivity contribution >= 4 is 45.0 Å². The second kappa shape index (κ2) is 5.37. The standard InChI is InChI=1S/C12H8BrClN2O2/c13-8-2-3-10(9(14)5-8)16-11-4-1-7(6-15-11)12(17)18/h1-6H,(H,15,16)(H,17,18). The Morgan fingerprint density at radius 3 is 2.67 bits per heavy atom. The fourth-order valence-corrected chi connectivity index (χ4v) is 2.04. The first-order valence-corrected chi connectivity index (χ1v) is 6.15. The molecule has 92 valence electrons. The van der Waals surface area contributed by atoms with E-state index < -0.39 is 5.97 Å². The van der Waals surface area contributed by atoms with E-state index >= 15 is 0 Å². The van der Waals surface area contributed by atoms with Crippen molar-refractivity contribution in [2.75, 3.05) is 5.32 Å². The van der Waals surface area contributed by atoms with Crippen LogP contribution in [-0.2, 0) is 0 Å². The highest BCUT2D eigenvalue weighted by atomic mass is 79.9. The summed E-state index contributed by atoms with van der Waals surface area (Å²) in [5, 5.41) is 12.3. The minimum atomic E-state index is -1.00. The summed E-state index contributed by atoms with van der Waals surface area (Å²) < 4.78 is 0.882. The first-order chi connectivity index (χ1) is 8.56. The molecule has 0 bridgehead atoms. The molecule has 2 N–H and O–H groups in total. The first kappa shape index (κ1) is 12.9. The van der Waals surface area contributed by atoms with Gasteiger partial charge in [0.15, 0.2) is 0 Å². The number of nitrogens with one attached hydrogen (secondary N) is 1. The second-order valence-electron chi connectivity index (χ2n) is 3.49. The van der Waals surface area contributed by atoms with Crippen LogP contribution in [0, 0.1) is 0 Å². The maximum absolute atomic E-state index is 10.7. The molecule has 0 aliphatic rings. The lowest BCUT2D eigenvalue weighted by molar-refractivity contribution is 0.0696. The van der Waals surface area contributed by atoms with E-state index in [9.17, 15) is 4.79 Å². The molecule has 1 heterocycles. The Morgan fingerprint density at radius 2 is 2.11 bits per heavy atom. The van der Waals surface area contributed by atoms with Crippen molar-refractivity contribution in [3.8, 4) is 0 Å². The van der Waals surface area contributed by atoms with Gasteiger partial charge in [0.1, 0.15) is 5.82 Å². The van der Waals surface area contributed by atoms with Gasteiger partial charge < -0.3 is 10.4 Å². The third kappa shape index (κ3) is 3.00. The molecular weight excluding hydrogens is 320 g/mol. The molecular formula is C12H8BrClN2O2. The second-order valence-corrected chi connectivity index (χ2v) is 4.81. The van der Waals surface area contributed by atoms with Crippen LogP contribution < -0.4 is 5.32 Å². The number of anilines is 2. The van der Waals surface area contributed by atoms with Gasteiger partial charge in [0.05, 0.1) is 16.3 Å². The van der Waals surface area contributed by atoms with Gasteiger partial charge in [0, 0.05) is 10.7 Å². The van der Waals surface area contributed by atoms with Gasteiger partial charge in [-0.05, 0) is 30.3 Å². The number of rotatable bonds is 3. The van der Waals surface area contributed by atoms with Crippen LogP contribution >= 0.6 is 27.5 Å². The topological polar surface area (TPSA) is 62.2 Å². The number of hydrogen-bond acceptors (Lipinski definition) is 3. The lowest BCUT2D eigenvalue weighted by Crippen LogP contribution is -1.99. The van der Waals surface area contributed by atoms with Crippen LogP contribution in [0.5, 0.6) is 0 Å². The summed E-state index contributed by atoms with van der Waals surface area (Å²) >= 11 is 9.36. The lowest BCUT2D eigenvalue weighted by Gasteiger charge is -2.07. The van der Waals surface area contributed by atoms with Crippen molar-refractivity contribution < 1.29 is 9.90 Å². The quantitative estimate of drug-likeness (QED) is 0.896. The SMILES string of the molecule is O=C(O)c1ccc(Nc2ccc(Br)cc2Cl)nc1. The molecule has 0 aliphatic heterocycles. The van der Waals surface area contributed by atoms with E-state index in [1.807, 2.05) is 6.07 Å². The Kier molecular flexibility index (Phi) is 3.84. The molecule has 0 saturated heterocycles. The molecule has 2 rings (SSSR count). The molecule has 6 heteroatoms. The van der Waals surface area contributed by atoms with E-state index in [2.05, 4.69) is 26.2 Å². The summed E-state index contributed by atoms with van der Waals surface area (Å²) in [7, 11) is 0. The molecule has 0 radical (unpaired) electrons. The van der Waals surface area contributed by atoms with Crippen LogP contribution in [0.15, 0.2) is 41.0 Å². The summed E-state index contributed by atoms with van der Waals surface area (Å²) in [5.41, 5.74) is 0.845. The van der Waals surface area contributed by atoms with Gasteiger partial charge in [0.25, 0.3) is 0 Å². The highest BCUT2D eigenvalue weighted by Gasteiger charge is 2.05. The Bertz CT molecular complexity index is 587. The van der Waals surface area contributed by atoms with Gasteiger partial charge in [-0.25, -0.2) is 9.78 Å². The molecule has 0 fully saturated rings. The molecule has 0 spiro atoms. The molecule has 1 aromatic heterocycles. The molecule has 2 aromatic rings. The Hall–Kier alpha value is -1.59. The predicted octanol–water partition coefficient (Wildman–Crippen LogP) is 3.94. The number of nitrogens with zero attached hydrogens (tertiary/aromatic N) is 1. The number of aromatic carboxylic acids is 1. The maximum atomic E-state index is 10.7. The van der Waals surface area contributed by atoms with Crippen molar-refractivity contribution in [2.45, 2.75) is 0 Å². The molecule has 0 unspecified atom stereocenters. The van der Waals surface area contributed by atoms with Gasteiger partial charge in [-0.1, -0.05) is 27.5 Å². The van der Waals surface area contributed by atoms with Crippen LogP contribution in [0.25, 0.3) is 0 Å². The predicted molar refractivity (Wildman–Crippen MR) is 73.6 cm³/mol. The average Bonchev–Trinajstić information content (AvgIpc) is 2.33. The van der Waals surface area contributed by atoms with E-state index in [1.165, 1.54) is 12.3 Å². The van der Waals surface area contributed by atoms with Crippen LogP contribution in [0.1, 0.15) is 10.4 Å². The largest absolute Gasteiger partial charge is 0.478 e. The average molecular weight is 328 g/mol. The lowest BCUT2D eigenvalue weighted by atomic mass is 10.3. The third-order valence-electron chi connectivity index (χ3n) is 2.20. The van der Waals surface area contributed by atoms with Crippen LogP contribution in [0.4, 0.5) is 11.5 Å². The van der Waals surface area contributed by atoms with Crippen molar-refractivity contribution in [1.82, 2.24) is 4.98 Å². The van der Waals surface area contributed by atoms with Gasteiger partial charge in [-0.2, -0.15) is 0 Å². The molecule has 1 aromatic carbocycles. The molecule has 0 aliphatic carbocycles. The van der Waals surface area contributed by atoms with Gasteiger partial charge in [0.2, 0.25) is 0 Å². The van der Waals surface area contributed by atoms with Gasteiger partial charge >= 0.3 is 5.97 Å². The van der Waals surface area contributed by atoms with E-state index in [0.29, 0.717) is 16.5 Å². The number of benzene rings is 1. The fourth-order valence-electron chi connectivity index (χ4n) is 1.32. The van der Waals surface area contributed by atoms with Crippen molar-refractivity contribution in [3.63, 3.8) is 0 Å². The molecule has 0 saturated carbocycles. The summed E-state index contributed by atoms with van der Waals surface area (Å²) in [6.07, 6.45) is 1.29. The fraction of sp³-hybridized carbons (Fsp3) is 0. The monoisotopic (exact) mass is 326 g/mol. The van der Waals surface area contributed by atoms with Crippen LogP contribution in [0.3, 0.4) is 0 Å². The zero-order valence-electron chi connectivity index (χ0n) is 9.02. The van der Waals surface area contributed by atoms with Crippen molar-refractivity contribution in [1.29, 1.82) is 0 Å². The van der Waals surface area contributed by atoms with Crippen molar-refractivity contribution in [2.24, 2.45) is 0 Å². The Balaban J connectivity index is 2.21. The van der Waals surface area contributed by atoms with E-state index in [1.54, 1.807) is 18.2 Å². The number of halogens is 2. The normalized spacial score (nSPS) is 10.1. The van der Waals surface area contributed by atoms with Gasteiger partial charge in [-0.15, -0.1) is 0 Å². The molecule has 0 atom stereocenters. The number of carboxylic acid groups (broad SMARTS) is 1. The molecule has 18 heavy (non-hydrogen) atoms. The smallest absolute Gasteiger partial charge is 0.337 e. The number of aromatic nitrogens is 1. The molecule has 0 amide bonds. The van der Waals surface area contributed by atoms with Gasteiger partial charge in [-0.3, -0.25) is 0 Å². The first-order valence-electron chi connectivity index (χ1n) is 4.97. The number of carbonyl (C=O) groups is 1. The van der Waals surface area contributed by atoms with E-state index in [0.717, 1.165) is 4.47 Å². The Labute approximate surface area is 117 Å². The minimum Gasteiger partial charge on any atom is -0.478 e. The maximum Gasteiger partial charge on any atom is 0.337 e. The highest BCUT2D eigenvalue weighted by molar-refractivity contribution is 9.10. The summed E-state index contributed by atoms with van der Waals surface area (Å²) in [4.78, 5) is 14.7. The molecule has 4 nitrogen and oxygen atoms in total. The number of carboxylic acids is 1. The highest BCUT2D eigenvalue weighted by Crippen LogP contribution is 2.27. The van der Waals surface area contributed by atoms with Crippen molar-refractivity contribution in [3.05, 3.63) is 51.6 Å². The summed E-state index contributed by atoms with van der Waals surface area (Å²) in [5.74, 6) is -0.472. The zero-order valence-corrected chi connectivity index (χ0v) is 11.4. The van der Waals surface area contributed by atoms with Crippen LogP contribution in [-0.4, -0.2) is 16.1 Å². The number of pyridine rings is 1. The summed E-state index contributed by atoms with van der Waals surface area (Å²) in [6, 6.07) is 8.47.